The van der Waals surface area contributed by atoms with Gasteiger partial charge >= 0.3 is 6.18 Å². The number of carbonyl (C=O) groups is 1. The Kier molecular flexibility index (Phi) is 4.37. The average molecular weight is 336 g/mol. The second-order valence-corrected chi connectivity index (χ2v) is 5.42. The predicted molar refractivity (Wildman–Crippen MR) is 81.6 cm³/mol. The Balaban J connectivity index is 1.63. The molecule has 2 aromatic rings. The van der Waals surface area contributed by atoms with Crippen LogP contribution in [0.25, 0.3) is 0 Å². The fourth-order valence-corrected chi connectivity index (χ4v) is 2.58. The van der Waals surface area contributed by atoms with E-state index in [1.54, 1.807) is 23.5 Å². The number of benzene rings is 1. The van der Waals surface area contributed by atoms with Crippen molar-refractivity contribution in [2.45, 2.75) is 6.18 Å². The normalized spacial score (nSPS) is 15.5. The number of hydrogen-bond donors (Lipinski definition) is 0. The number of piperazine rings is 1. The van der Waals surface area contributed by atoms with Crippen molar-refractivity contribution in [3.63, 3.8) is 0 Å². The molecular formula is C16H15F3N4O. The monoisotopic (exact) mass is 336 g/mol. The molecule has 5 nitrogen and oxygen atoms in total. The summed E-state index contributed by atoms with van der Waals surface area (Å²) in [5.41, 5.74) is -0.498. The Labute approximate surface area is 136 Å². The van der Waals surface area contributed by atoms with Crippen molar-refractivity contribution >= 4 is 11.7 Å². The summed E-state index contributed by atoms with van der Waals surface area (Å²) in [5, 5.41) is 0. The van der Waals surface area contributed by atoms with E-state index < -0.39 is 11.7 Å². The fourth-order valence-electron chi connectivity index (χ4n) is 2.58. The van der Waals surface area contributed by atoms with E-state index in [1.165, 1.54) is 12.1 Å². The van der Waals surface area contributed by atoms with Crippen LogP contribution in [-0.4, -0.2) is 47.0 Å². The summed E-state index contributed by atoms with van der Waals surface area (Å²) >= 11 is 0. The molecular weight excluding hydrogens is 321 g/mol. The molecule has 1 amide bonds. The van der Waals surface area contributed by atoms with E-state index in [0.717, 1.165) is 18.0 Å². The molecule has 1 aliphatic heterocycles. The minimum Gasteiger partial charge on any atom is -0.352 e. The van der Waals surface area contributed by atoms with Crippen molar-refractivity contribution in [3.05, 3.63) is 54.0 Å². The van der Waals surface area contributed by atoms with Crippen LogP contribution in [0.4, 0.5) is 19.0 Å². The van der Waals surface area contributed by atoms with Crippen molar-refractivity contribution in [2.75, 3.05) is 31.1 Å². The third-order valence-electron chi connectivity index (χ3n) is 3.90. The third-order valence-corrected chi connectivity index (χ3v) is 3.90. The minimum atomic E-state index is -4.40. The highest BCUT2D eigenvalue weighted by Crippen LogP contribution is 2.29. The van der Waals surface area contributed by atoms with Crippen molar-refractivity contribution in [2.24, 2.45) is 0 Å². The standard InChI is InChI=1S/C16H15F3N4O/c17-16(18,19)13-3-1-12(2-4-13)15(24)23-9-7-22(8-10-23)14-11-20-5-6-21-14/h1-6,11H,7-10H2. The third kappa shape index (κ3) is 3.47. The number of nitrogens with zero attached hydrogens (tertiary/aromatic N) is 4. The molecule has 1 saturated heterocycles. The lowest BCUT2D eigenvalue weighted by atomic mass is 10.1. The van der Waals surface area contributed by atoms with E-state index >= 15 is 0 Å². The smallest absolute Gasteiger partial charge is 0.352 e. The van der Waals surface area contributed by atoms with Gasteiger partial charge in [-0.15, -0.1) is 0 Å². The number of anilines is 1. The molecule has 0 saturated carbocycles. The SMILES string of the molecule is O=C(c1ccc(C(F)(F)F)cc1)N1CCN(c2cnccn2)CC1. The van der Waals surface area contributed by atoms with E-state index in [1.807, 2.05) is 4.90 Å². The van der Waals surface area contributed by atoms with Crippen LogP contribution >= 0.6 is 0 Å². The highest BCUT2D eigenvalue weighted by molar-refractivity contribution is 5.94. The van der Waals surface area contributed by atoms with Gasteiger partial charge in [-0.2, -0.15) is 13.2 Å². The number of aromatic nitrogens is 2. The number of carbonyl (C=O) groups excluding carboxylic acids is 1. The van der Waals surface area contributed by atoms with Crippen LogP contribution in [0, 0.1) is 0 Å². The van der Waals surface area contributed by atoms with E-state index in [9.17, 15) is 18.0 Å². The molecule has 1 aromatic heterocycles. The quantitative estimate of drug-likeness (QED) is 0.845. The summed E-state index contributed by atoms with van der Waals surface area (Å²) in [5.74, 6) is 0.488. The molecule has 0 unspecified atom stereocenters. The maximum Gasteiger partial charge on any atom is 0.416 e. The molecule has 2 heterocycles. The Morgan fingerprint density at radius 1 is 1.00 bits per heavy atom. The van der Waals surface area contributed by atoms with Crippen LogP contribution in [-0.2, 0) is 6.18 Å². The second-order valence-electron chi connectivity index (χ2n) is 5.42. The molecule has 1 aliphatic rings. The lowest BCUT2D eigenvalue weighted by Crippen LogP contribution is -2.49. The zero-order valence-electron chi connectivity index (χ0n) is 12.7. The Morgan fingerprint density at radius 2 is 1.67 bits per heavy atom. The molecule has 0 aliphatic carbocycles. The maximum atomic E-state index is 12.6. The van der Waals surface area contributed by atoms with Gasteiger partial charge in [-0.3, -0.25) is 9.78 Å². The zero-order valence-corrected chi connectivity index (χ0v) is 12.7. The summed E-state index contributed by atoms with van der Waals surface area (Å²) in [7, 11) is 0. The van der Waals surface area contributed by atoms with Crippen LogP contribution in [0.3, 0.4) is 0 Å². The van der Waals surface area contributed by atoms with E-state index in [-0.39, 0.29) is 11.5 Å². The molecule has 3 rings (SSSR count). The molecule has 8 heteroatoms. The molecule has 24 heavy (non-hydrogen) atoms. The van der Waals surface area contributed by atoms with Crippen molar-refractivity contribution in [1.82, 2.24) is 14.9 Å². The van der Waals surface area contributed by atoms with Crippen LogP contribution in [0.2, 0.25) is 0 Å². The zero-order chi connectivity index (χ0) is 17.2. The van der Waals surface area contributed by atoms with Gasteiger partial charge in [0, 0.05) is 44.1 Å². The van der Waals surface area contributed by atoms with E-state index in [2.05, 4.69) is 9.97 Å². The first-order valence-electron chi connectivity index (χ1n) is 7.42. The van der Waals surface area contributed by atoms with Gasteiger partial charge in [0.1, 0.15) is 5.82 Å². The number of halogens is 3. The van der Waals surface area contributed by atoms with Crippen LogP contribution in [0.1, 0.15) is 15.9 Å². The van der Waals surface area contributed by atoms with Crippen LogP contribution in [0.15, 0.2) is 42.9 Å². The van der Waals surface area contributed by atoms with E-state index in [0.29, 0.717) is 26.2 Å². The predicted octanol–water partition coefficient (Wildman–Crippen LogP) is 2.46. The van der Waals surface area contributed by atoms with Gasteiger partial charge in [-0.1, -0.05) is 0 Å². The van der Waals surface area contributed by atoms with Gasteiger partial charge in [0.05, 0.1) is 11.8 Å². The summed E-state index contributed by atoms with van der Waals surface area (Å²) < 4.78 is 37.7. The van der Waals surface area contributed by atoms with Crippen LogP contribution < -0.4 is 4.90 Å². The van der Waals surface area contributed by atoms with Crippen molar-refractivity contribution in [3.8, 4) is 0 Å². The highest BCUT2D eigenvalue weighted by Gasteiger charge is 2.30. The van der Waals surface area contributed by atoms with Gasteiger partial charge in [0.2, 0.25) is 0 Å². The Morgan fingerprint density at radius 3 is 2.21 bits per heavy atom. The first-order chi connectivity index (χ1) is 11.4. The fraction of sp³-hybridized carbons (Fsp3) is 0.312. The Hall–Kier alpha value is -2.64. The minimum absolute atomic E-state index is 0.260. The van der Waals surface area contributed by atoms with Crippen LogP contribution in [0.5, 0.6) is 0 Å². The molecule has 0 radical (unpaired) electrons. The van der Waals surface area contributed by atoms with Gasteiger partial charge in [-0.05, 0) is 24.3 Å². The largest absolute Gasteiger partial charge is 0.416 e. The number of hydrogen-bond acceptors (Lipinski definition) is 4. The summed E-state index contributed by atoms with van der Waals surface area (Å²) in [6.45, 7) is 2.17. The molecule has 0 N–H and O–H groups in total. The number of alkyl halides is 3. The van der Waals surface area contributed by atoms with Gasteiger partial charge in [-0.25, -0.2) is 4.98 Å². The molecule has 1 fully saturated rings. The molecule has 1 aromatic carbocycles. The van der Waals surface area contributed by atoms with Gasteiger partial charge in [0.15, 0.2) is 0 Å². The summed E-state index contributed by atoms with van der Waals surface area (Å²) in [4.78, 5) is 24.3. The lowest BCUT2D eigenvalue weighted by Gasteiger charge is -2.35. The second kappa shape index (κ2) is 6.46. The van der Waals surface area contributed by atoms with Gasteiger partial charge in [0.25, 0.3) is 5.91 Å². The van der Waals surface area contributed by atoms with Crippen molar-refractivity contribution < 1.29 is 18.0 Å². The van der Waals surface area contributed by atoms with E-state index in [4.69, 9.17) is 0 Å². The number of amides is 1. The molecule has 126 valence electrons. The Bertz CT molecular complexity index is 696. The molecule has 0 spiro atoms. The molecule has 0 atom stereocenters. The first kappa shape index (κ1) is 16.2. The highest BCUT2D eigenvalue weighted by atomic mass is 19.4. The summed E-state index contributed by atoms with van der Waals surface area (Å²) in [6.07, 6.45) is 0.459. The average Bonchev–Trinajstić information content (AvgIpc) is 2.61. The maximum absolute atomic E-state index is 12.6. The first-order valence-corrected chi connectivity index (χ1v) is 7.42. The molecule has 0 bridgehead atoms. The topological polar surface area (TPSA) is 49.3 Å². The lowest BCUT2D eigenvalue weighted by molar-refractivity contribution is -0.137. The van der Waals surface area contributed by atoms with Crippen molar-refractivity contribution in [1.29, 1.82) is 0 Å². The number of rotatable bonds is 2. The summed E-state index contributed by atoms with van der Waals surface area (Å²) in [6, 6.07) is 4.31. The van der Waals surface area contributed by atoms with Gasteiger partial charge < -0.3 is 9.80 Å².